The van der Waals surface area contributed by atoms with E-state index in [1.165, 1.54) is 0 Å². The lowest BCUT2D eigenvalue weighted by Crippen LogP contribution is -2.83. The fourth-order valence-electron chi connectivity index (χ4n) is 15.6. The summed E-state index contributed by atoms with van der Waals surface area (Å²) in [5.41, 5.74) is -2.57. The second-order valence-electron chi connectivity index (χ2n) is 30.7. The Hall–Kier alpha value is -1.14. The quantitative estimate of drug-likeness (QED) is 0.188. The van der Waals surface area contributed by atoms with E-state index in [-0.39, 0.29) is 101 Å². The lowest BCUT2D eigenvalue weighted by Gasteiger charge is -2.76. The largest absolute Gasteiger partial charge is 0.462 e. The number of hydrogen-bond acceptors (Lipinski definition) is 6. The van der Waals surface area contributed by atoms with Gasteiger partial charge in [0.2, 0.25) is 0 Å². The Labute approximate surface area is 387 Å². The van der Waals surface area contributed by atoms with Crippen LogP contribution in [0.4, 0.5) is 0 Å². The first kappa shape index (κ1) is 57.0. The number of rotatable bonds is 7. The molecule has 0 bridgehead atoms. The maximum absolute atomic E-state index is 14.0. The number of esters is 2. The zero-order valence-electron chi connectivity index (χ0n) is 47.3. The van der Waals surface area contributed by atoms with Crippen LogP contribution in [0.3, 0.4) is 0 Å². The molecule has 0 aliphatic carbocycles. The minimum atomic E-state index is -0.302. The molecule has 0 aromatic heterocycles. The van der Waals surface area contributed by atoms with Gasteiger partial charge in [0.05, 0.1) is 0 Å². The van der Waals surface area contributed by atoms with Crippen LogP contribution in [0.2, 0.25) is 0 Å². The van der Waals surface area contributed by atoms with Crippen molar-refractivity contribution in [1.29, 1.82) is 0 Å². The Bertz CT molecular complexity index is 1290. The average molecular weight is 873 g/mol. The molecule has 0 saturated carbocycles. The van der Waals surface area contributed by atoms with Gasteiger partial charge in [0.25, 0.3) is 0 Å². The summed E-state index contributed by atoms with van der Waals surface area (Å²) in [6, 6.07) is 0. The fraction of sp³-hybridized carbons (Fsp3) is 0.964. The summed E-state index contributed by atoms with van der Waals surface area (Å²) < 4.78 is 13.4. The molecule has 0 aromatic carbocycles. The molecule has 2 saturated heterocycles. The van der Waals surface area contributed by atoms with E-state index in [1.807, 2.05) is 0 Å². The number of likely N-dealkylation sites (tertiary alicyclic amines) is 2. The first-order chi connectivity index (χ1) is 26.9. The van der Waals surface area contributed by atoms with Crippen LogP contribution in [0.15, 0.2) is 0 Å². The number of carbonyl (C=O) groups excluding carboxylic acids is 2. The van der Waals surface area contributed by atoms with Crippen molar-refractivity contribution in [3.05, 3.63) is 0 Å². The first-order valence-corrected chi connectivity index (χ1v) is 24.9. The van der Waals surface area contributed by atoms with Crippen LogP contribution < -0.4 is 0 Å². The van der Waals surface area contributed by atoms with E-state index in [1.54, 1.807) is 0 Å². The Morgan fingerprint density at radius 1 is 0.355 bits per heavy atom. The second-order valence-corrected chi connectivity index (χ2v) is 30.7. The van der Waals surface area contributed by atoms with E-state index in [0.717, 1.165) is 25.7 Å². The Balaban J connectivity index is 2.49. The number of unbranched alkanes of at least 4 members (excludes halogenated alkanes) is 1. The topological polar surface area (TPSA) is 59.1 Å². The minimum absolute atomic E-state index is 0.131. The van der Waals surface area contributed by atoms with E-state index < -0.39 is 0 Å². The molecular weight excluding hydrogens is 765 g/mol. The van der Waals surface area contributed by atoms with Gasteiger partial charge in [-0.1, -0.05) is 166 Å². The van der Waals surface area contributed by atoms with Gasteiger partial charge >= 0.3 is 11.9 Å². The molecule has 0 atom stereocenters. The van der Waals surface area contributed by atoms with Crippen molar-refractivity contribution in [3.63, 3.8) is 0 Å². The monoisotopic (exact) mass is 873 g/mol. The van der Waals surface area contributed by atoms with Crippen LogP contribution in [-0.4, -0.2) is 67.2 Å². The summed E-state index contributed by atoms with van der Waals surface area (Å²) in [7, 11) is 0. The van der Waals surface area contributed by atoms with Crippen molar-refractivity contribution in [2.45, 2.75) is 305 Å². The van der Waals surface area contributed by atoms with Crippen LogP contribution in [-0.2, 0) is 19.1 Å². The lowest BCUT2D eigenvalue weighted by molar-refractivity contribution is -0.282. The van der Waals surface area contributed by atoms with Crippen molar-refractivity contribution >= 4 is 11.9 Å². The molecule has 2 fully saturated rings. The van der Waals surface area contributed by atoms with Gasteiger partial charge in [-0.3, -0.25) is 19.4 Å². The van der Waals surface area contributed by atoms with Crippen LogP contribution in [0, 0.1) is 43.3 Å². The van der Waals surface area contributed by atoms with E-state index in [2.05, 4.69) is 218 Å². The highest BCUT2D eigenvalue weighted by atomic mass is 16.5. The smallest absolute Gasteiger partial charge is 0.306 e. The van der Waals surface area contributed by atoms with Gasteiger partial charge in [-0.25, -0.2) is 0 Å². The highest BCUT2D eigenvalue weighted by Crippen LogP contribution is 2.68. The molecule has 0 aromatic rings. The van der Waals surface area contributed by atoms with Crippen LogP contribution in [0.25, 0.3) is 0 Å². The standard InChI is InChI=1S/C56H108N2O4/c1-43(2,3)53(44(4,5)6)35-39(36-54(45(7,8)9,46(10,11)12)57(53)51(25,26)27)61-41(59)33-31-32-34-42(60)62-40-37-55(47(13,14)15,48(16,17)18)58(52(28,29)30)56(38-40,49(19,20)21)50(22,23)24/h39-40H,31-38H2,1-30H3. The van der Waals surface area contributed by atoms with Gasteiger partial charge in [-0.05, 0) is 97.7 Å². The second kappa shape index (κ2) is 16.9. The lowest BCUT2D eigenvalue weighted by atomic mass is 9.46. The predicted octanol–water partition coefficient (Wildman–Crippen LogP) is 15.5. The van der Waals surface area contributed by atoms with Gasteiger partial charge in [0.15, 0.2) is 0 Å². The number of carbonyl (C=O) groups is 2. The van der Waals surface area contributed by atoms with Gasteiger partial charge in [-0.15, -0.1) is 0 Å². The number of nitrogens with zero attached hydrogens (tertiary/aromatic N) is 2. The molecule has 366 valence electrons. The summed E-state index contributed by atoms with van der Waals surface area (Å²) in [5.74, 6) is -0.313. The molecule has 0 amide bonds. The van der Waals surface area contributed by atoms with Crippen molar-refractivity contribution in [2.24, 2.45) is 43.3 Å². The van der Waals surface area contributed by atoms with Crippen LogP contribution >= 0.6 is 0 Å². The molecule has 6 nitrogen and oxygen atoms in total. The molecule has 0 N–H and O–H groups in total. The zero-order valence-corrected chi connectivity index (χ0v) is 47.3. The first-order valence-electron chi connectivity index (χ1n) is 24.9. The Morgan fingerprint density at radius 3 is 0.645 bits per heavy atom. The van der Waals surface area contributed by atoms with Gasteiger partial charge in [0, 0.05) is 71.8 Å². The Kier molecular flexibility index (Phi) is 15.5. The van der Waals surface area contributed by atoms with E-state index in [0.29, 0.717) is 25.7 Å². The van der Waals surface area contributed by atoms with E-state index in [9.17, 15) is 9.59 Å². The summed E-state index contributed by atoms with van der Waals surface area (Å²) >= 11 is 0. The van der Waals surface area contributed by atoms with Gasteiger partial charge < -0.3 is 9.47 Å². The fourth-order valence-corrected chi connectivity index (χ4v) is 15.6. The van der Waals surface area contributed by atoms with E-state index >= 15 is 0 Å². The average Bonchev–Trinajstić information content (AvgIpc) is 2.96. The van der Waals surface area contributed by atoms with Crippen molar-refractivity contribution in [1.82, 2.24) is 9.80 Å². The van der Waals surface area contributed by atoms with Crippen LogP contribution in [0.1, 0.15) is 259 Å². The third-order valence-corrected chi connectivity index (χ3v) is 16.5. The third kappa shape index (κ3) is 9.79. The van der Waals surface area contributed by atoms with Gasteiger partial charge in [0.1, 0.15) is 12.2 Å². The third-order valence-electron chi connectivity index (χ3n) is 16.5. The Morgan fingerprint density at radius 2 is 0.516 bits per heavy atom. The number of piperidine rings is 2. The molecule has 2 aliphatic rings. The molecule has 0 unspecified atom stereocenters. The predicted molar refractivity (Wildman–Crippen MR) is 266 cm³/mol. The van der Waals surface area contributed by atoms with Crippen LogP contribution in [0.5, 0.6) is 0 Å². The SMILES string of the molecule is CC(C)(C)N1C(C(C)(C)C)(C(C)(C)C)CC(OC(=O)CCCCC(=O)OC2CC(C(C)(C)C)(C(C)(C)C)N(C(C)(C)C)C(C(C)(C)C)(C(C)(C)C)C2)CC1(C(C)(C)C)C(C)(C)C. The molecule has 0 radical (unpaired) electrons. The summed E-state index contributed by atoms with van der Waals surface area (Å²) in [6.07, 6.45) is 4.37. The highest BCUT2D eigenvalue weighted by molar-refractivity contribution is 5.71. The van der Waals surface area contributed by atoms with Gasteiger partial charge in [-0.2, -0.15) is 0 Å². The van der Waals surface area contributed by atoms with Crippen molar-refractivity contribution in [2.75, 3.05) is 0 Å². The molecule has 2 aliphatic heterocycles. The summed E-state index contributed by atoms with van der Waals surface area (Å²) in [4.78, 5) is 33.9. The van der Waals surface area contributed by atoms with Crippen molar-refractivity contribution < 1.29 is 19.1 Å². The molecule has 2 rings (SSSR count). The number of hydrogen-bond donors (Lipinski definition) is 0. The molecule has 62 heavy (non-hydrogen) atoms. The molecule has 6 heteroatoms. The molecule has 2 heterocycles. The van der Waals surface area contributed by atoms with E-state index in [4.69, 9.17) is 9.47 Å². The highest BCUT2D eigenvalue weighted by Gasteiger charge is 2.73. The normalized spacial score (nSPS) is 22.1. The maximum atomic E-state index is 14.0. The minimum Gasteiger partial charge on any atom is -0.462 e. The zero-order chi connectivity index (χ0) is 49.5. The number of ether oxygens (including phenoxy) is 2. The van der Waals surface area contributed by atoms with Crippen molar-refractivity contribution in [3.8, 4) is 0 Å². The molecular formula is C56H108N2O4. The summed E-state index contributed by atoms with van der Waals surface area (Å²) in [6.45, 7) is 71.7. The summed E-state index contributed by atoms with van der Waals surface area (Å²) in [5, 5.41) is 0. The maximum Gasteiger partial charge on any atom is 0.306 e. The molecule has 0 spiro atoms.